The van der Waals surface area contributed by atoms with Crippen molar-refractivity contribution in [2.75, 3.05) is 7.11 Å². The number of aryl methyl sites for hydroxylation is 2. The lowest BCUT2D eigenvalue weighted by Crippen LogP contribution is -2.14. The Bertz CT molecular complexity index is 726. The second kappa shape index (κ2) is 5.57. The smallest absolute Gasteiger partial charge is 0.189 e. The van der Waals surface area contributed by atoms with Crippen molar-refractivity contribution in [1.29, 1.82) is 0 Å². The van der Waals surface area contributed by atoms with Crippen LogP contribution in [0, 0.1) is 6.92 Å². The maximum atomic E-state index is 12.6. The van der Waals surface area contributed by atoms with E-state index in [1.165, 1.54) is 5.56 Å². The fourth-order valence-electron chi connectivity index (χ4n) is 2.76. The van der Waals surface area contributed by atoms with Crippen molar-refractivity contribution in [2.24, 2.45) is 0 Å². The number of hydrogen-bond donors (Lipinski definition) is 0. The number of benzene rings is 2. The number of carbonyl (C=O) groups is 1. The summed E-state index contributed by atoms with van der Waals surface area (Å²) in [6.07, 6.45) is 3.70. The summed E-state index contributed by atoms with van der Waals surface area (Å²) in [5, 5.41) is 0. The van der Waals surface area contributed by atoms with Crippen LogP contribution < -0.4 is 4.74 Å². The molecule has 0 radical (unpaired) electrons. The number of carbonyl (C=O) groups excluding carboxylic acids is 1. The fraction of sp³-hybridized carbons (Fsp3) is 0.211. The van der Waals surface area contributed by atoms with Crippen LogP contribution in [0.3, 0.4) is 0 Å². The zero-order valence-corrected chi connectivity index (χ0v) is 12.3. The minimum absolute atomic E-state index is 0.141. The van der Waals surface area contributed by atoms with Crippen LogP contribution in [0.2, 0.25) is 0 Å². The van der Waals surface area contributed by atoms with Crippen LogP contribution in [0.4, 0.5) is 0 Å². The van der Waals surface area contributed by atoms with Crippen LogP contribution in [0.1, 0.15) is 33.5 Å². The van der Waals surface area contributed by atoms with Gasteiger partial charge in [-0.2, -0.15) is 0 Å². The van der Waals surface area contributed by atoms with Crippen LogP contribution in [0.5, 0.6) is 5.75 Å². The normalized spacial score (nSPS) is 15.9. The van der Waals surface area contributed by atoms with Crippen molar-refractivity contribution in [3.05, 3.63) is 70.3 Å². The van der Waals surface area contributed by atoms with Crippen LogP contribution in [0.15, 0.2) is 48.0 Å². The molecule has 0 aliphatic heterocycles. The largest absolute Gasteiger partial charge is 0.497 e. The molecule has 21 heavy (non-hydrogen) atoms. The van der Waals surface area contributed by atoms with E-state index < -0.39 is 0 Å². The Morgan fingerprint density at radius 1 is 1.10 bits per heavy atom. The number of fused-ring (bicyclic) bond motifs is 1. The Labute approximate surface area is 125 Å². The standard InChI is InChI=1S/C19H18O2/c1-13-5-3-4-6-14(13)11-16-8-7-15-12-17(21-2)9-10-18(15)19(16)20/h3-6,9-12H,7-8H2,1-2H3. The number of rotatable bonds is 2. The Morgan fingerprint density at radius 3 is 2.67 bits per heavy atom. The van der Waals surface area contributed by atoms with Crippen molar-refractivity contribution in [2.45, 2.75) is 19.8 Å². The maximum absolute atomic E-state index is 12.6. The summed E-state index contributed by atoms with van der Waals surface area (Å²) in [4.78, 5) is 12.6. The lowest BCUT2D eigenvalue weighted by molar-refractivity contribution is 0.102. The summed E-state index contributed by atoms with van der Waals surface area (Å²) < 4.78 is 5.23. The number of methoxy groups -OCH3 is 1. The van der Waals surface area contributed by atoms with E-state index in [1.807, 2.05) is 36.4 Å². The van der Waals surface area contributed by atoms with Gasteiger partial charge in [0, 0.05) is 11.1 Å². The zero-order valence-electron chi connectivity index (χ0n) is 12.3. The van der Waals surface area contributed by atoms with Gasteiger partial charge in [-0.1, -0.05) is 24.3 Å². The topological polar surface area (TPSA) is 26.3 Å². The Kier molecular flexibility index (Phi) is 3.61. The third kappa shape index (κ3) is 2.62. The van der Waals surface area contributed by atoms with Crippen LogP contribution >= 0.6 is 0 Å². The van der Waals surface area contributed by atoms with E-state index in [0.717, 1.165) is 40.9 Å². The third-order valence-electron chi connectivity index (χ3n) is 4.03. The second-order valence-corrected chi connectivity index (χ2v) is 5.38. The molecule has 0 unspecified atom stereocenters. The SMILES string of the molecule is COc1ccc2c(c1)CCC(=Cc1ccccc1C)C2=O. The Morgan fingerprint density at radius 2 is 1.90 bits per heavy atom. The summed E-state index contributed by atoms with van der Waals surface area (Å²) in [7, 11) is 1.65. The molecule has 106 valence electrons. The summed E-state index contributed by atoms with van der Waals surface area (Å²) in [5.74, 6) is 0.954. The van der Waals surface area contributed by atoms with Crippen LogP contribution in [-0.2, 0) is 6.42 Å². The molecule has 0 atom stereocenters. The van der Waals surface area contributed by atoms with Gasteiger partial charge < -0.3 is 4.74 Å². The molecule has 0 aromatic heterocycles. The van der Waals surface area contributed by atoms with Gasteiger partial charge >= 0.3 is 0 Å². The van der Waals surface area contributed by atoms with Crippen LogP contribution in [0.25, 0.3) is 6.08 Å². The zero-order chi connectivity index (χ0) is 14.8. The van der Waals surface area contributed by atoms with Crippen molar-refractivity contribution in [3.8, 4) is 5.75 Å². The molecule has 2 nitrogen and oxygen atoms in total. The van der Waals surface area contributed by atoms with Gasteiger partial charge in [-0.3, -0.25) is 4.79 Å². The first-order valence-electron chi connectivity index (χ1n) is 7.17. The molecule has 0 amide bonds. The molecule has 2 aromatic carbocycles. The monoisotopic (exact) mass is 278 g/mol. The number of hydrogen-bond acceptors (Lipinski definition) is 2. The van der Waals surface area contributed by atoms with Crippen molar-refractivity contribution in [1.82, 2.24) is 0 Å². The highest BCUT2D eigenvalue weighted by atomic mass is 16.5. The van der Waals surface area contributed by atoms with Crippen molar-refractivity contribution >= 4 is 11.9 Å². The van der Waals surface area contributed by atoms with Gasteiger partial charge in [-0.25, -0.2) is 0 Å². The van der Waals surface area contributed by atoms with E-state index in [4.69, 9.17) is 4.74 Å². The number of allylic oxidation sites excluding steroid dienone is 1. The van der Waals surface area contributed by atoms with E-state index >= 15 is 0 Å². The molecule has 1 aliphatic carbocycles. The predicted octanol–water partition coefficient (Wildman–Crippen LogP) is 4.22. The highest BCUT2D eigenvalue weighted by Crippen LogP contribution is 2.29. The van der Waals surface area contributed by atoms with E-state index in [9.17, 15) is 4.79 Å². The van der Waals surface area contributed by atoms with Gasteiger partial charge in [0.25, 0.3) is 0 Å². The van der Waals surface area contributed by atoms with E-state index in [2.05, 4.69) is 19.1 Å². The molecule has 0 N–H and O–H groups in total. The fourth-order valence-corrected chi connectivity index (χ4v) is 2.76. The number of ether oxygens (including phenoxy) is 1. The molecule has 1 aliphatic rings. The molecule has 0 fully saturated rings. The van der Waals surface area contributed by atoms with Crippen molar-refractivity contribution in [3.63, 3.8) is 0 Å². The highest BCUT2D eigenvalue weighted by Gasteiger charge is 2.22. The molecule has 0 saturated heterocycles. The molecular formula is C19H18O2. The van der Waals surface area contributed by atoms with Crippen LogP contribution in [-0.4, -0.2) is 12.9 Å². The Hall–Kier alpha value is -2.35. The highest BCUT2D eigenvalue weighted by molar-refractivity contribution is 6.13. The lowest BCUT2D eigenvalue weighted by atomic mass is 9.85. The molecule has 2 aromatic rings. The van der Waals surface area contributed by atoms with Gasteiger partial charge in [0.05, 0.1) is 7.11 Å². The second-order valence-electron chi connectivity index (χ2n) is 5.38. The van der Waals surface area contributed by atoms with E-state index in [0.29, 0.717) is 0 Å². The minimum Gasteiger partial charge on any atom is -0.497 e. The lowest BCUT2D eigenvalue weighted by Gasteiger charge is -2.18. The van der Waals surface area contributed by atoms with Gasteiger partial charge in [0.1, 0.15) is 5.75 Å². The minimum atomic E-state index is 0.141. The molecule has 0 bridgehead atoms. The number of ketones is 1. The van der Waals surface area contributed by atoms with Gasteiger partial charge in [0.15, 0.2) is 5.78 Å². The molecule has 3 rings (SSSR count). The molecular weight excluding hydrogens is 260 g/mol. The first kappa shape index (κ1) is 13.6. The average Bonchev–Trinajstić information content (AvgIpc) is 2.51. The first-order valence-corrected chi connectivity index (χ1v) is 7.17. The summed E-state index contributed by atoms with van der Waals surface area (Å²) in [6.45, 7) is 2.07. The molecule has 2 heteroatoms. The van der Waals surface area contributed by atoms with E-state index in [-0.39, 0.29) is 5.78 Å². The Balaban J connectivity index is 1.98. The summed E-state index contributed by atoms with van der Waals surface area (Å²) in [5.41, 5.74) is 5.10. The molecule has 0 saturated carbocycles. The average molecular weight is 278 g/mol. The molecule has 0 spiro atoms. The van der Waals surface area contributed by atoms with Crippen molar-refractivity contribution < 1.29 is 9.53 Å². The number of Topliss-reactive ketones (excluding diaryl/α,β-unsaturated/α-hetero) is 1. The maximum Gasteiger partial charge on any atom is 0.189 e. The molecule has 0 heterocycles. The summed E-state index contributed by atoms with van der Waals surface area (Å²) >= 11 is 0. The summed E-state index contributed by atoms with van der Waals surface area (Å²) in [6, 6.07) is 13.8. The predicted molar refractivity (Wildman–Crippen MR) is 84.8 cm³/mol. The van der Waals surface area contributed by atoms with Gasteiger partial charge in [-0.15, -0.1) is 0 Å². The van der Waals surface area contributed by atoms with Gasteiger partial charge in [-0.05, 0) is 60.7 Å². The van der Waals surface area contributed by atoms with E-state index in [1.54, 1.807) is 7.11 Å². The van der Waals surface area contributed by atoms with Gasteiger partial charge in [0.2, 0.25) is 0 Å². The third-order valence-corrected chi connectivity index (χ3v) is 4.03. The first-order chi connectivity index (χ1) is 10.2. The quantitative estimate of drug-likeness (QED) is 0.769.